The Morgan fingerprint density at radius 1 is 1.23 bits per heavy atom. The summed E-state index contributed by atoms with van der Waals surface area (Å²) in [6, 6.07) is 8.16. The molecule has 1 saturated heterocycles. The standard InChI is InChI=1S/C18H20N2OS/c1-14-5-7-15(8-6-14)9-10-17-19-13-16(22-17)18(21)20-11-3-2-4-12-20/h5-8,13,17,19H,2-4,11-12H2,1H3. The van der Waals surface area contributed by atoms with E-state index in [9.17, 15) is 4.79 Å². The fourth-order valence-electron chi connectivity index (χ4n) is 2.57. The van der Waals surface area contributed by atoms with Gasteiger partial charge in [0.15, 0.2) is 0 Å². The second kappa shape index (κ2) is 6.93. The number of rotatable bonds is 1. The third kappa shape index (κ3) is 3.66. The maximum absolute atomic E-state index is 12.4. The summed E-state index contributed by atoms with van der Waals surface area (Å²) in [4.78, 5) is 15.1. The number of nitrogens with zero attached hydrogens (tertiary/aromatic N) is 1. The highest BCUT2D eigenvalue weighted by Crippen LogP contribution is 2.28. The Balaban J connectivity index is 1.57. The Bertz CT molecular complexity index is 633. The van der Waals surface area contributed by atoms with Crippen molar-refractivity contribution in [2.75, 3.05) is 13.1 Å². The van der Waals surface area contributed by atoms with Gasteiger partial charge in [-0.1, -0.05) is 41.3 Å². The summed E-state index contributed by atoms with van der Waals surface area (Å²) in [5, 5.41) is 3.15. The van der Waals surface area contributed by atoms with Gasteiger partial charge in [0.25, 0.3) is 5.91 Å². The first-order valence-corrected chi connectivity index (χ1v) is 8.61. The largest absolute Gasteiger partial charge is 0.368 e. The van der Waals surface area contributed by atoms with Crippen LogP contribution < -0.4 is 5.32 Å². The van der Waals surface area contributed by atoms with E-state index in [4.69, 9.17) is 0 Å². The normalized spacial score (nSPS) is 20.7. The number of thioether (sulfide) groups is 1. The maximum Gasteiger partial charge on any atom is 0.261 e. The number of piperidine rings is 1. The molecule has 1 aromatic rings. The number of nitrogens with one attached hydrogen (secondary N) is 1. The molecule has 0 spiro atoms. The summed E-state index contributed by atoms with van der Waals surface area (Å²) < 4.78 is 0. The van der Waals surface area contributed by atoms with Gasteiger partial charge in [0.2, 0.25) is 0 Å². The minimum Gasteiger partial charge on any atom is -0.368 e. The van der Waals surface area contributed by atoms with Gasteiger partial charge < -0.3 is 10.2 Å². The molecular weight excluding hydrogens is 292 g/mol. The fourth-order valence-corrected chi connectivity index (χ4v) is 3.44. The zero-order chi connectivity index (χ0) is 15.4. The molecule has 0 radical (unpaired) electrons. The molecule has 0 aromatic heterocycles. The van der Waals surface area contributed by atoms with Gasteiger partial charge in [-0.05, 0) is 38.3 Å². The zero-order valence-electron chi connectivity index (χ0n) is 12.8. The van der Waals surface area contributed by atoms with E-state index in [1.807, 2.05) is 23.2 Å². The SMILES string of the molecule is Cc1ccc(C#CC2NC=C(C(=O)N3CCCCC3)S2)cc1. The summed E-state index contributed by atoms with van der Waals surface area (Å²) >= 11 is 1.52. The smallest absolute Gasteiger partial charge is 0.261 e. The van der Waals surface area contributed by atoms with Crippen LogP contribution in [0.2, 0.25) is 0 Å². The van der Waals surface area contributed by atoms with Gasteiger partial charge in [-0.15, -0.1) is 0 Å². The number of aryl methyl sites for hydroxylation is 1. The first-order valence-electron chi connectivity index (χ1n) is 7.73. The van der Waals surface area contributed by atoms with Gasteiger partial charge >= 0.3 is 0 Å². The van der Waals surface area contributed by atoms with E-state index in [1.54, 1.807) is 0 Å². The average molecular weight is 312 g/mol. The van der Waals surface area contributed by atoms with E-state index in [-0.39, 0.29) is 11.3 Å². The molecule has 1 aromatic carbocycles. The molecule has 22 heavy (non-hydrogen) atoms. The molecule has 1 unspecified atom stereocenters. The highest BCUT2D eigenvalue weighted by Gasteiger charge is 2.26. The minimum absolute atomic E-state index is 0.0370. The molecule has 4 heteroatoms. The van der Waals surface area contributed by atoms with Crippen molar-refractivity contribution in [3.05, 3.63) is 46.5 Å². The number of likely N-dealkylation sites (tertiary alicyclic amines) is 1. The lowest BCUT2D eigenvalue weighted by atomic mass is 10.1. The van der Waals surface area contributed by atoms with Gasteiger partial charge in [0, 0.05) is 24.9 Å². The van der Waals surface area contributed by atoms with Crippen molar-refractivity contribution in [3.8, 4) is 11.8 Å². The molecule has 0 bridgehead atoms. The number of carbonyl (C=O) groups is 1. The van der Waals surface area contributed by atoms with Gasteiger partial charge in [0.05, 0.1) is 4.91 Å². The van der Waals surface area contributed by atoms with Crippen LogP contribution in [-0.2, 0) is 4.79 Å². The summed E-state index contributed by atoms with van der Waals surface area (Å²) in [5.74, 6) is 6.50. The summed E-state index contributed by atoms with van der Waals surface area (Å²) in [6.07, 6.45) is 5.29. The lowest BCUT2D eigenvalue weighted by Gasteiger charge is -2.26. The molecule has 2 heterocycles. The molecule has 114 valence electrons. The molecule has 2 aliphatic rings. The van der Waals surface area contributed by atoms with Crippen LogP contribution in [0.1, 0.15) is 30.4 Å². The summed E-state index contributed by atoms with van der Waals surface area (Å²) in [7, 11) is 0. The van der Waals surface area contributed by atoms with Crippen molar-refractivity contribution in [3.63, 3.8) is 0 Å². The van der Waals surface area contributed by atoms with E-state index >= 15 is 0 Å². The number of amides is 1. The molecule has 1 amide bonds. The Morgan fingerprint density at radius 2 is 1.95 bits per heavy atom. The fraction of sp³-hybridized carbons (Fsp3) is 0.389. The molecule has 0 saturated carbocycles. The highest BCUT2D eigenvalue weighted by molar-refractivity contribution is 8.05. The molecule has 3 rings (SSSR count). The molecule has 1 fully saturated rings. The van der Waals surface area contributed by atoms with Crippen molar-refractivity contribution in [2.45, 2.75) is 31.6 Å². The van der Waals surface area contributed by atoms with Crippen LogP contribution in [0.15, 0.2) is 35.4 Å². The maximum atomic E-state index is 12.4. The van der Waals surface area contributed by atoms with Crippen molar-refractivity contribution in [1.29, 1.82) is 0 Å². The lowest BCUT2D eigenvalue weighted by Crippen LogP contribution is -2.35. The second-order valence-corrected chi connectivity index (χ2v) is 6.81. The van der Waals surface area contributed by atoms with Gasteiger partial charge in [-0.25, -0.2) is 0 Å². The van der Waals surface area contributed by atoms with Crippen molar-refractivity contribution in [2.24, 2.45) is 0 Å². The second-order valence-electron chi connectivity index (χ2n) is 5.66. The van der Waals surface area contributed by atoms with Crippen LogP contribution in [0, 0.1) is 18.8 Å². The van der Waals surface area contributed by atoms with E-state index in [1.165, 1.54) is 23.7 Å². The van der Waals surface area contributed by atoms with Crippen LogP contribution in [0.25, 0.3) is 0 Å². The molecule has 1 N–H and O–H groups in total. The van der Waals surface area contributed by atoms with Crippen molar-refractivity contribution < 1.29 is 4.79 Å². The number of benzene rings is 1. The Morgan fingerprint density at radius 3 is 2.68 bits per heavy atom. The first-order chi connectivity index (χ1) is 10.7. The van der Waals surface area contributed by atoms with Crippen LogP contribution in [0.5, 0.6) is 0 Å². The molecule has 3 nitrogen and oxygen atoms in total. The molecular formula is C18H20N2OS. The van der Waals surface area contributed by atoms with Crippen LogP contribution >= 0.6 is 11.8 Å². The van der Waals surface area contributed by atoms with Crippen molar-refractivity contribution >= 4 is 17.7 Å². The van der Waals surface area contributed by atoms with Crippen LogP contribution in [0.3, 0.4) is 0 Å². The van der Waals surface area contributed by atoms with Crippen LogP contribution in [0.4, 0.5) is 0 Å². The molecule has 2 aliphatic heterocycles. The van der Waals surface area contributed by atoms with Gasteiger partial charge in [-0.3, -0.25) is 4.79 Å². The van der Waals surface area contributed by atoms with Gasteiger partial charge in [0.1, 0.15) is 5.37 Å². The Hall–Kier alpha value is -1.86. The van der Waals surface area contributed by atoms with E-state index in [2.05, 4.69) is 36.2 Å². The minimum atomic E-state index is -0.0370. The Labute approximate surface area is 136 Å². The average Bonchev–Trinajstić information content (AvgIpc) is 3.03. The first kappa shape index (κ1) is 15.1. The topological polar surface area (TPSA) is 32.3 Å². The van der Waals surface area contributed by atoms with E-state index in [0.717, 1.165) is 36.4 Å². The van der Waals surface area contributed by atoms with E-state index < -0.39 is 0 Å². The molecule has 0 aliphatic carbocycles. The predicted molar refractivity (Wildman–Crippen MR) is 91.1 cm³/mol. The number of hydrogen-bond donors (Lipinski definition) is 1. The zero-order valence-corrected chi connectivity index (χ0v) is 13.6. The monoisotopic (exact) mass is 312 g/mol. The van der Waals surface area contributed by atoms with Crippen LogP contribution in [-0.4, -0.2) is 29.3 Å². The summed E-state index contributed by atoms with van der Waals surface area (Å²) in [6.45, 7) is 3.83. The van der Waals surface area contributed by atoms with E-state index in [0.29, 0.717) is 0 Å². The molecule has 1 atom stereocenters. The summed E-state index contributed by atoms with van der Waals surface area (Å²) in [5.41, 5.74) is 2.24. The Kier molecular flexibility index (Phi) is 4.74. The highest BCUT2D eigenvalue weighted by atomic mass is 32.2. The third-order valence-corrected chi connectivity index (χ3v) is 4.90. The van der Waals surface area contributed by atoms with Crippen molar-refractivity contribution in [1.82, 2.24) is 10.2 Å². The number of carbonyl (C=O) groups excluding carboxylic acids is 1. The third-order valence-electron chi connectivity index (χ3n) is 3.86. The quantitative estimate of drug-likeness (QED) is 0.809. The number of hydrogen-bond acceptors (Lipinski definition) is 3. The van der Waals surface area contributed by atoms with Gasteiger partial charge in [-0.2, -0.15) is 0 Å². The lowest BCUT2D eigenvalue weighted by molar-refractivity contribution is -0.127. The predicted octanol–water partition coefficient (Wildman–Crippen LogP) is 2.86.